The van der Waals surface area contributed by atoms with Crippen LogP contribution in [0.25, 0.3) is 0 Å². The van der Waals surface area contributed by atoms with Crippen molar-refractivity contribution in [1.82, 2.24) is 0 Å². The van der Waals surface area contributed by atoms with E-state index in [0.717, 1.165) is 0 Å². The third-order valence-corrected chi connectivity index (χ3v) is 2.88. The lowest BCUT2D eigenvalue weighted by Gasteiger charge is -1.98. The van der Waals surface area contributed by atoms with Gasteiger partial charge in [-0.05, 0) is 24.3 Å². The Morgan fingerprint density at radius 1 is 1.25 bits per heavy atom. The summed E-state index contributed by atoms with van der Waals surface area (Å²) in [6, 6.07) is 5.79. The molecule has 12 heavy (non-hydrogen) atoms. The Balaban J connectivity index is 3.09. The predicted octanol–water partition coefficient (Wildman–Crippen LogP) is 1.78. The molecule has 1 rings (SSSR count). The first-order valence-corrected chi connectivity index (χ1v) is 5.73. The SMILES string of the molecule is O=S(=O)(Cl)c1ccc(OP)cc1. The van der Waals surface area contributed by atoms with Gasteiger partial charge in [0.2, 0.25) is 0 Å². The number of rotatable bonds is 2. The van der Waals surface area contributed by atoms with Crippen LogP contribution in [-0.2, 0) is 9.05 Å². The van der Waals surface area contributed by atoms with Crippen molar-refractivity contribution in [2.45, 2.75) is 4.90 Å². The van der Waals surface area contributed by atoms with Gasteiger partial charge < -0.3 is 4.52 Å². The molecule has 66 valence electrons. The van der Waals surface area contributed by atoms with Crippen LogP contribution in [0.15, 0.2) is 29.2 Å². The van der Waals surface area contributed by atoms with Crippen molar-refractivity contribution in [2.24, 2.45) is 0 Å². The van der Waals surface area contributed by atoms with Gasteiger partial charge in [0.05, 0.1) is 14.4 Å². The molecule has 1 atom stereocenters. The van der Waals surface area contributed by atoms with Gasteiger partial charge in [0.15, 0.2) is 0 Å². The Labute approximate surface area is 77.4 Å². The average molecular weight is 225 g/mol. The first-order chi connectivity index (χ1) is 5.54. The predicted molar refractivity (Wildman–Crippen MR) is 49.8 cm³/mol. The minimum atomic E-state index is -3.62. The van der Waals surface area contributed by atoms with Crippen LogP contribution in [0.1, 0.15) is 0 Å². The Kier molecular flexibility index (Phi) is 2.94. The fourth-order valence-corrected chi connectivity index (χ4v) is 1.61. The molecule has 0 aliphatic rings. The Bertz CT molecular complexity index is 359. The summed E-state index contributed by atoms with van der Waals surface area (Å²) < 4.78 is 26.3. The first kappa shape index (κ1) is 9.78. The number of halogens is 1. The molecule has 0 N–H and O–H groups in total. The maximum atomic E-state index is 10.8. The molecule has 0 saturated carbocycles. The minimum Gasteiger partial charge on any atom is -0.480 e. The molecule has 0 saturated heterocycles. The lowest BCUT2D eigenvalue weighted by molar-refractivity contribution is 0.609. The summed E-state index contributed by atoms with van der Waals surface area (Å²) in [5.41, 5.74) is 0. The summed E-state index contributed by atoms with van der Waals surface area (Å²) in [6.07, 6.45) is 0. The van der Waals surface area contributed by atoms with Crippen molar-refractivity contribution >= 4 is 29.2 Å². The van der Waals surface area contributed by atoms with Gasteiger partial charge in [-0.2, -0.15) is 0 Å². The van der Waals surface area contributed by atoms with Gasteiger partial charge in [-0.15, -0.1) is 0 Å². The number of hydrogen-bond donors (Lipinski definition) is 0. The molecule has 0 aliphatic carbocycles. The third-order valence-electron chi connectivity index (χ3n) is 1.24. The molecule has 1 aromatic carbocycles. The number of hydrogen-bond acceptors (Lipinski definition) is 3. The van der Waals surface area contributed by atoms with Gasteiger partial charge >= 0.3 is 0 Å². The van der Waals surface area contributed by atoms with Crippen LogP contribution < -0.4 is 4.52 Å². The van der Waals surface area contributed by atoms with Crippen molar-refractivity contribution in [1.29, 1.82) is 0 Å². The summed E-state index contributed by atoms with van der Waals surface area (Å²) in [7, 11) is 3.52. The highest BCUT2D eigenvalue weighted by molar-refractivity contribution is 8.13. The maximum Gasteiger partial charge on any atom is 0.261 e. The van der Waals surface area contributed by atoms with Crippen LogP contribution in [0.3, 0.4) is 0 Å². The zero-order chi connectivity index (χ0) is 9.19. The van der Waals surface area contributed by atoms with Crippen molar-refractivity contribution in [3.63, 3.8) is 0 Å². The molecule has 0 heterocycles. The molecular weight excluding hydrogens is 219 g/mol. The van der Waals surface area contributed by atoms with E-state index in [2.05, 4.69) is 9.47 Å². The average Bonchev–Trinajstić information content (AvgIpc) is 2.03. The van der Waals surface area contributed by atoms with E-state index in [-0.39, 0.29) is 4.90 Å². The van der Waals surface area contributed by atoms with Crippen molar-refractivity contribution in [3.05, 3.63) is 24.3 Å². The van der Waals surface area contributed by atoms with Gasteiger partial charge in [-0.1, -0.05) is 0 Å². The second kappa shape index (κ2) is 3.60. The second-order valence-electron chi connectivity index (χ2n) is 2.03. The normalized spacial score (nSPS) is 11.2. The third kappa shape index (κ3) is 2.34. The van der Waals surface area contributed by atoms with Crippen molar-refractivity contribution in [3.8, 4) is 5.75 Å². The summed E-state index contributed by atoms with van der Waals surface area (Å²) in [6.45, 7) is 0. The molecule has 0 aliphatic heterocycles. The molecule has 1 unspecified atom stereocenters. The molecule has 0 bridgehead atoms. The molecule has 0 radical (unpaired) electrons. The van der Waals surface area contributed by atoms with E-state index >= 15 is 0 Å². The fraction of sp³-hybridized carbons (Fsp3) is 0. The minimum absolute atomic E-state index is 0.0648. The van der Waals surface area contributed by atoms with Crippen LogP contribution in [0.2, 0.25) is 0 Å². The zero-order valence-corrected chi connectivity index (χ0v) is 8.62. The van der Waals surface area contributed by atoms with E-state index in [1.54, 1.807) is 0 Å². The van der Waals surface area contributed by atoms with Crippen LogP contribution >= 0.6 is 20.1 Å². The van der Waals surface area contributed by atoms with Gasteiger partial charge in [0, 0.05) is 10.7 Å². The van der Waals surface area contributed by atoms with E-state index in [4.69, 9.17) is 15.2 Å². The molecule has 6 heteroatoms. The van der Waals surface area contributed by atoms with Crippen molar-refractivity contribution < 1.29 is 12.9 Å². The maximum absolute atomic E-state index is 10.8. The van der Waals surface area contributed by atoms with E-state index in [0.29, 0.717) is 5.75 Å². The summed E-state index contributed by atoms with van der Waals surface area (Å²) >= 11 is 0. The van der Waals surface area contributed by atoms with E-state index in [9.17, 15) is 8.42 Å². The monoisotopic (exact) mass is 224 g/mol. The molecule has 0 spiro atoms. The smallest absolute Gasteiger partial charge is 0.261 e. The largest absolute Gasteiger partial charge is 0.480 e. The topological polar surface area (TPSA) is 43.4 Å². The summed E-state index contributed by atoms with van der Waals surface area (Å²) in [5.74, 6) is 0.559. The van der Waals surface area contributed by atoms with Crippen LogP contribution in [0, 0.1) is 0 Å². The van der Waals surface area contributed by atoms with Crippen LogP contribution in [0.4, 0.5) is 0 Å². The van der Waals surface area contributed by atoms with Crippen LogP contribution in [-0.4, -0.2) is 8.42 Å². The zero-order valence-electron chi connectivity index (χ0n) is 5.90. The fourth-order valence-electron chi connectivity index (χ4n) is 0.681. The Morgan fingerprint density at radius 2 is 1.75 bits per heavy atom. The van der Waals surface area contributed by atoms with Gasteiger partial charge in [0.25, 0.3) is 9.05 Å². The molecule has 0 amide bonds. The van der Waals surface area contributed by atoms with Gasteiger partial charge in [-0.25, -0.2) is 8.42 Å². The van der Waals surface area contributed by atoms with Crippen LogP contribution in [0.5, 0.6) is 5.75 Å². The lowest BCUT2D eigenvalue weighted by Crippen LogP contribution is -1.89. The van der Waals surface area contributed by atoms with E-state index in [1.165, 1.54) is 24.3 Å². The molecule has 3 nitrogen and oxygen atoms in total. The quantitative estimate of drug-likeness (QED) is 0.568. The Hall–Kier alpha value is -0.310. The van der Waals surface area contributed by atoms with Crippen molar-refractivity contribution in [2.75, 3.05) is 0 Å². The second-order valence-corrected chi connectivity index (χ2v) is 4.83. The highest BCUT2D eigenvalue weighted by atomic mass is 35.7. The first-order valence-electron chi connectivity index (χ1n) is 2.95. The lowest BCUT2D eigenvalue weighted by atomic mass is 10.3. The van der Waals surface area contributed by atoms with Gasteiger partial charge in [0.1, 0.15) is 5.75 Å². The van der Waals surface area contributed by atoms with E-state index in [1.807, 2.05) is 0 Å². The number of benzene rings is 1. The highest BCUT2D eigenvalue weighted by Crippen LogP contribution is 2.19. The molecule has 0 fully saturated rings. The summed E-state index contributed by atoms with van der Waals surface area (Å²) in [4.78, 5) is 0.0648. The molecular formula is C6H6ClO3PS. The molecule has 0 aromatic heterocycles. The highest BCUT2D eigenvalue weighted by Gasteiger charge is 2.08. The van der Waals surface area contributed by atoms with Gasteiger partial charge in [-0.3, -0.25) is 0 Å². The molecule has 1 aromatic rings. The Morgan fingerprint density at radius 3 is 2.08 bits per heavy atom. The standard InChI is InChI=1S/C6H6ClO3PS/c7-12(8,9)6-3-1-5(10-11)2-4-6/h1-4H,11H2. The van der Waals surface area contributed by atoms with E-state index < -0.39 is 9.05 Å². The summed E-state index contributed by atoms with van der Waals surface area (Å²) in [5, 5.41) is 0.